The van der Waals surface area contributed by atoms with E-state index in [0.717, 1.165) is 10.9 Å². The van der Waals surface area contributed by atoms with Crippen LogP contribution >= 0.6 is 0 Å². The lowest BCUT2D eigenvalue weighted by Gasteiger charge is -2.22. The third-order valence-electron chi connectivity index (χ3n) is 3.79. The van der Waals surface area contributed by atoms with E-state index in [1.54, 1.807) is 6.07 Å². The Hall–Kier alpha value is -1.90. The Morgan fingerprint density at radius 2 is 2.10 bits per heavy atom. The third-order valence-corrected chi connectivity index (χ3v) is 3.79. The number of hydrogen-bond acceptors (Lipinski definition) is 5. The highest BCUT2D eigenvalue weighted by Gasteiger charge is 2.38. The molecule has 0 saturated carbocycles. The van der Waals surface area contributed by atoms with Crippen LogP contribution in [0.25, 0.3) is 5.65 Å². The lowest BCUT2D eigenvalue weighted by molar-refractivity contribution is -0.146. The smallest absolute Gasteiger partial charge is 0.352 e. The maximum Gasteiger partial charge on any atom is 0.453 e. The minimum absolute atomic E-state index is 0.0771. The molecular weight excluding hydrogens is 285 g/mol. The Morgan fingerprint density at radius 1 is 1.33 bits per heavy atom. The van der Waals surface area contributed by atoms with Gasteiger partial charge in [-0.2, -0.15) is 17.7 Å². The van der Waals surface area contributed by atoms with Crippen LogP contribution in [0.3, 0.4) is 0 Å². The standard InChI is InChI=1S/C12H15F3N6/c1-7-4-8(5-16)6-20(7)10-3-2-9-17-18-11(12(13,14)15)21(9)19-10/h2-3,7-8H,4-6,16H2,1H3. The summed E-state index contributed by atoms with van der Waals surface area (Å²) in [4.78, 5) is 1.97. The number of alkyl halides is 3. The molecule has 6 nitrogen and oxygen atoms in total. The van der Waals surface area contributed by atoms with Gasteiger partial charge in [0, 0.05) is 12.6 Å². The first-order chi connectivity index (χ1) is 9.90. The zero-order chi connectivity index (χ0) is 15.2. The topological polar surface area (TPSA) is 72.3 Å². The van der Waals surface area contributed by atoms with Crippen LogP contribution in [0, 0.1) is 5.92 Å². The normalized spacial score (nSPS) is 23.2. The van der Waals surface area contributed by atoms with Gasteiger partial charge < -0.3 is 10.6 Å². The second-order valence-electron chi connectivity index (χ2n) is 5.32. The van der Waals surface area contributed by atoms with Gasteiger partial charge in [0.05, 0.1) is 0 Å². The van der Waals surface area contributed by atoms with Crippen LogP contribution in [0.1, 0.15) is 19.2 Å². The monoisotopic (exact) mass is 300 g/mol. The summed E-state index contributed by atoms with van der Waals surface area (Å²) in [6.45, 7) is 3.27. The van der Waals surface area contributed by atoms with Crippen molar-refractivity contribution >= 4 is 11.5 Å². The fraction of sp³-hybridized carbons (Fsp3) is 0.583. The molecule has 3 rings (SSSR count). The predicted octanol–water partition coefficient (Wildman–Crippen LogP) is 1.32. The van der Waals surface area contributed by atoms with E-state index in [1.165, 1.54) is 6.07 Å². The average molecular weight is 300 g/mol. The van der Waals surface area contributed by atoms with Crippen molar-refractivity contribution in [3.63, 3.8) is 0 Å². The Labute approximate surface area is 118 Å². The number of rotatable bonds is 2. The molecule has 0 amide bonds. The molecule has 1 aliphatic rings. The summed E-state index contributed by atoms with van der Waals surface area (Å²) in [5.41, 5.74) is 5.75. The van der Waals surface area contributed by atoms with Gasteiger partial charge in [0.2, 0.25) is 0 Å². The molecule has 0 radical (unpaired) electrons. The van der Waals surface area contributed by atoms with E-state index in [0.29, 0.717) is 24.8 Å². The molecule has 1 aliphatic heterocycles. The molecular formula is C12H15F3N6. The largest absolute Gasteiger partial charge is 0.453 e. The molecule has 0 spiro atoms. The van der Waals surface area contributed by atoms with E-state index in [2.05, 4.69) is 15.3 Å². The summed E-state index contributed by atoms with van der Waals surface area (Å²) in [5.74, 6) is -0.293. The van der Waals surface area contributed by atoms with Crippen molar-refractivity contribution in [2.75, 3.05) is 18.0 Å². The second-order valence-corrected chi connectivity index (χ2v) is 5.32. The average Bonchev–Trinajstić information content (AvgIpc) is 3.00. The first-order valence-electron chi connectivity index (χ1n) is 6.66. The number of aromatic nitrogens is 4. The highest BCUT2D eigenvalue weighted by Crippen LogP contribution is 2.30. The van der Waals surface area contributed by atoms with Crippen molar-refractivity contribution in [1.29, 1.82) is 0 Å². The van der Waals surface area contributed by atoms with Crippen LogP contribution in [0.4, 0.5) is 19.0 Å². The van der Waals surface area contributed by atoms with Crippen molar-refractivity contribution in [2.45, 2.75) is 25.6 Å². The van der Waals surface area contributed by atoms with Crippen LogP contribution < -0.4 is 10.6 Å². The summed E-state index contributed by atoms with van der Waals surface area (Å²) in [6, 6.07) is 3.35. The maximum absolute atomic E-state index is 12.9. The quantitative estimate of drug-likeness (QED) is 0.905. The summed E-state index contributed by atoms with van der Waals surface area (Å²) >= 11 is 0. The molecule has 0 aromatic carbocycles. The Morgan fingerprint density at radius 3 is 2.71 bits per heavy atom. The molecule has 1 saturated heterocycles. The fourth-order valence-electron chi connectivity index (χ4n) is 2.74. The molecule has 9 heteroatoms. The molecule has 2 unspecified atom stereocenters. The molecule has 2 aromatic heterocycles. The minimum atomic E-state index is -4.58. The predicted molar refractivity (Wildman–Crippen MR) is 69.8 cm³/mol. The van der Waals surface area contributed by atoms with Gasteiger partial charge >= 0.3 is 6.18 Å². The zero-order valence-corrected chi connectivity index (χ0v) is 11.4. The first kappa shape index (κ1) is 14.1. The number of hydrogen-bond donors (Lipinski definition) is 1. The molecule has 1 fully saturated rings. The van der Waals surface area contributed by atoms with Crippen molar-refractivity contribution in [3.8, 4) is 0 Å². The first-order valence-corrected chi connectivity index (χ1v) is 6.66. The van der Waals surface area contributed by atoms with Gasteiger partial charge in [-0.1, -0.05) is 0 Å². The lowest BCUT2D eigenvalue weighted by atomic mass is 10.1. The van der Waals surface area contributed by atoms with E-state index >= 15 is 0 Å². The van der Waals surface area contributed by atoms with Crippen LogP contribution in [0.2, 0.25) is 0 Å². The molecule has 2 aromatic rings. The summed E-state index contributed by atoms with van der Waals surface area (Å²) in [6.07, 6.45) is -3.67. The van der Waals surface area contributed by atoms with E-state index in [1.807, 2.05) is 11.8 Å². The van der Waals surface area contributed by atoms with Crippen LogP contribution in [0.5, 0.6) is 0 Å². The van der Waals surface area contributed by atoms with Crippen LogP contribution in [-0.2, 0) is 6.18 Å². The maximum atomic E-state index is 12.9. The summed E-state index contributed by atoms with van der Waals surface area (Å²) in [7, 11) is 0. The van der Waals surface area contributed by atoms with Gasteiger partial charge in [0.25, 0.3) is 5.82 Å². The molecule has 114 valence electrons. The van der Waals surface area contributed by atoms with Crippen LogP contribution in [-0.4, -0.2) is 38.9 Å². The Bertz CT molecular complexity index is 652. The van der Waals surface area contributed by atoms with Crippen molar-refractivity contribution in [1.82, 2.24) is 19.8 Å². The van der Waals surface area contributed by atoms with Gasteiger partial charge in [-0.3, -0.25) is 0 Å². The van der Waals surface area contributed by atoms with Crippen molar-refractivity contribution in [3.05, 3.63) is 18.0 Å². The van der Waals surface area contributed by atoms with Crippen LogP contribution in [0.15, 0.2) is 12.1 Å². The number of anilines is 1. The molecule has 0 aliphatic carbocycles. The third kappa shape index (κ3) is 2.41. The van der Waals surface area contributed by atoms with E-state index in [9.17, 15) is 13.2 Å². The van der Waals surface area contributed by atoms with Gasteiger partial charge in [0.1, 0.15) is 5.82 Å². The summed E-state index contributed by atoms with van der Waals surface area (Å²) < 4.78 is 39.3. The molecule has 21 heavy (non-hydrogen) atoms. The van der Waals surface area contributed by atoms with Gasteiger partial charge in [-0.25, -0.2) is 0 Å². The van der Waals surface area contributed by atoms with E-state index in [-0.39, 0.29) is 11.7 Å². The van der Waals surface area contributed by atoms with Gasteiger partial charge in [0.15, 0.2) is 5.65 Å². The summed E-state index contributed by atoms with van der Waals surface area (Å²) in [5, 5.41) is 10.7. The fourth-order valence-corrected chi connectivity index (χ4v) is 2.74. The minimum Gasteiger partial charge on any atom is -0.352 e. The molecule has 2 N–H and O–H groups in total. The highest BCUT2D eigenvalue weighted by atomic mass is 19.4. The van der Waals surface area contributed by atoms with Gasteiger partial charge in [-0.15, -0.1) is 15.3 Å². The second kappa shape index (κ2) is 4.83. The highest BCUT2D eigenvalue weighted by molar-refractivity contribution is 5.47. The van der Waals surface area contributed by atoms with E-state index in [4.69, 9.17) is 5.73 Å². The molecule has 0 bridgehead atoms. The molecule has 2 atom stereocenters. The zero-order valence-electron chi connectivity index (χ0n) is 11.4. The SMILES string of the molecule is CC1CC(CN)CN1c1ccc2nnc(C(F)(F)F)n2n1. The van der Waals surface area contributed by atoms with Crippen molar-refractivity contribution < 1.29 is 13.2 Å². The number of nitrogens with two attached hydrogens (primary N) is 1. The molecule has 3 heterocycles. The number of nitrogens with zero attached hydrogens (tertiary/aromatic N) is 5. The van der Waals surface area contributed by atoms with Crippen molar-refractivity contribution in [2.24, 2.45) is 11.7 Å². The number of fused-ring (bicyclic) bond motifs is 1. The van der Waals surface area contributed by atoms with Gasteiger partial charge in [-0.05, 0) is 37.9 Å². The Balaban J connectivity index is 2.01. The lowest BCUT2D eigenvalue weighted by Crippen LogP contribution is -2.29. The number of halogens is 3. The Kier molecular flexibility index (Phi) is 3.23. The van der Waals surface area contributed by atoms with E-state index < -0.39 is 12.0 Å².